The minimum Gasteiger partial charge on any atom is -0.469 e. The van der Waals surface area contributed by atoms with Gasteiger partial charge in [-0.1, -0.05) is 12.1 Å². The zero-order valence-electron chi connectivity index (χ0n) is 11.3. The molecule has 108 valence electrons. The van der Waals surface area contributed by atoms with Gasteiger partial charge < -0.3 is 15.0 Å². The highest BCUT2D eigenvalue weighted by atomic mass is 16.6. The normalized spacial score (nSPS) is 10.7. The average molecular weight is 287 g/mol. The lowest BCUT2D eigenvalue weighted by Crippen LogP contribution is -2.10. The molecule has 8 heteroatoms. The minimum absolute atomic E-state index is 0.225. The molecule has 1 aromatic carbocycles. The Kier molecular flexibility index (Phi) is 3.50. The van der Waals surface area contributed by atoms with E-state index < -0.39 is 0 Å². The first kappa shape index (κ1) is 13.1. The van der Waals surface area contributed by atoms with Gasteiger partial charge in [-0.25, -0.2) is 9.61 Å². The van der Waals surface area contributed by atoms with Crippen LogP contribution in [-0.4, -0.2) is 39.9 Å². The number of benzene rings is 1. The van der Waals surface area contributed by atoms with Gasteiger partial charge in [0.1, 0.15) is 0 Å². The molecule has 0 aliphatic heterocycles. The number of nitrogens with one attached hydrogen (secondary N) is 2. The van der Waals surface area contributed by atoms with Gasteiger partial charge in [0.2, 0.25) is 5.82 Å². The molecule has 0 unspecified atom stereocenters. The molecule has 3 aromatic rings. The SMILES string of the molecule is COC(=O)CCNc1nonc1-c1nc2ccccc2[nH]1. The van der Waals surface area contributed by atoms with Gasteiger partial charge in [-0.2, -0.15) is 0 Å². The number of carbonyl (C=O) groups is 1. The third-order valence-corrected chi connectivity index (χ3v) is 2.95. The Labute approximate surface area is 119 Å². The number of H-pyrrole nitrogens is 1. The standard InChI is InChI=1S/C13H13N5O3/c1-20-10(19)6-7-14-12-11(17-21-18-12)13-15-8-4-2-3-5-9(8)16-13/h2-5H,6-7H2,1H3,(H,14,18)(H,15,16). The summed E-state index contributed by atoms with van der Waals surface area (Å²) < 4.78 is 9.31. The van der Waals surface area contributed by atoms with Crippen LogP contribution in [0, 0.1) is 0 Å². The van der Waals surface area contributed by atoms with E-state index in [4.69, 9.17) is 4.63 Å². The second-order valence-corrected chi connectivity index (χ2v) is 4.32. The third kappa shape index (κ3) is 2.69. The van der Waals surface area contributed by atoms with E-state index in [2.05, 4.69) is 30.3 Å². The second kappa shape index (κ2) is 5.61. The number of methoxy groups -OCH3 is 1. The molecule has 0 bridgehead atoms. The zero-order valence-corrected chi connectivity index (χ0v) is 11.3. The Morgan fingerprint density at radius 1 is 1.38 bits per heavy atom. The Hall–Kier alpha value is -2.90. The first-order valence-corrected chi connectivity index (χ1v) is 6.36. The Bertz CT molecular complexity index is 731. The first-order chi connectivity index (χ1) is 10.3. The molecule has 0 saturated carbocycles. The maximum Gasteiger partial charge on any atom is 0.307 e. The van der Waals surface area contributed by atoms with Crippen LogP contribution in [0.3, 0.4) is 0 Å². The number of nitrogens with zero attached hydrogens (tertiary/aromatic N) is 3. The van der Waals surface area contributed by atoms with E-state index in [0.29, 0.717) is 23.9 Å². The van der Waals surface area contributed by atoms with Crippen molar-refractivity contribution >= 4 is 22.8 Å². The van der Waals surface area contributed by atoms with Crippen LogP contribution >= 0.6 is 0 Å². The van der Waals surface area contributed by atoms with Crippen LogP contribution in [0.4, 0.5) is 5.82 Å². The van der Waals surface area contributed by atoms with Crippen molar-refractivity contribution in [3.8, 4) is 11.5 Å². The molecule has 0 fully saturated rings. The van der Waals surface area contributed by atoms with Crippen molar-refractivity contribution in [3.05, 3.63) is 24.3 Å². The minimum atomic E-state index is -0.302. The lowest BCUT2D eigenvalue weighted by Gasteiger charge is -2.01. The molecule has 3 rings (SSSR count). The summed E-state index contributed by atoms with van der Waals surface area (Å²) in [5.41, 5.74) is 2.20. The molecular formula is C13H13N5O3. The molecule has 0 aliphatic carbocycles. The summed E-state index contributed by atoms with van der Waals surface area (Å²) in [6, 6.07) is 7.64. The highest BCUT2D eigenvalue weighted by molar-refractivity contribution is 5.80. The van der Waals surface area contributed by atoms with Crippen molar-refractivity contribution in [1.82, 2.24) is 20.3 Å². The van der Waals surface area contributed by atoms with Crippen LogP contribution in [0.1, 0.15) is 6.42 Å². The Morgan fingerprint density at radius 2 is 2.24 bits per heavy atom. The van der Waals surface area contributed by atoms with E-state index in [9.17, 15) is 4.79 Å². The molecular weight excluding hydrogens is 274 g/mol. The fourth-order valence-corrected chi connectivity index (χ4v) is 1.91. The molecule has 2 N–H and O–H groups in total. The van der Waals surface area contributed by atoms with Crippen molar-refractivity contribution in [2.24, 2.45) is 0 Å². The summed E-state index contributed by atoms with van der Waals surface area (Å²) in [6.45, 7) is 0.369. The fourth-order valence-electron chi connectivity index (χ4n) is 1.91. The topological polar surface area (TPSA) is 106 Å². The summed E-state index contributed by atoms with van der Waals surface area (Å²) >= 11 is 0. The molecule has 2 aromatic heterocycles. The maximum atomic E-state index is 11.1. The lowest BCUT2D eigenvalue weighted by atomic mass is 10.3. The number of hydrogen-bond acceptors (Lipinski definition) is 7. The van der Waals surface area contributed by atoms with Crippen molar-refractivity contribution in [3.63, 3.8) is 0 Å². The number of anilines is 1. The maximum absolute atomic E-state index is 11.1. The second-order valence-electron chi connectivity index (χ2n) is 4.32. The number of hydrogen-bond donors (Lipinski definition) is 2. The van der Waals surface area contributed by atoms with E-state index in [-0.39, 0.29) is 12.4 Å². The number of aromatic amines is 1. The summed E-state index contributed by atoms with van der Waals surface area (Å²) in [4.78, 5) is 18.6. The van der Waals surface area contributed by atoms with Gasteiger partial charge in [0.25, 0.3) is 0 Å². The molecule has 0 saturated heterocycles. The lowest BCUT2D eigenvalue weighted by molar-refractivity contribution is -0.140. The van der Waals surface area contributed by atoms with Crippen LogP contribution in [0.5, 0.6) is 0 Å². The smallest absolute Gasteiger partial charge is 0.307 e. The molecule has 0 amide bonds. The quantitative estimate of drug-likeness (QED) is 0.686. The van der Waals surface area contributed by atoms with Crippen LogP contribution < -0.4 is 5.32 Å². The van der Waals surface area contributed by atoms with E-state index in [0.717, 1.165) is 11.0 Å². The summed E-state index contributed by atoms with van der Waals surface area (Å²) in [6.07, 6.45) is 0.225. The van der Waals surface area contributed by atoms with Gasteiger partial charge in [0.05, 0.1) is 24.6 Å². The monoisotopic (exact) mass is 287 g/mol. The predicted molar refractivity (Wildman–Crippen MR) is 74.5 cm³/mol. The Balaban J connectivity index is 1.79. The van der Waals surface area contributed by atoms with Crippen LogP contribution in [0.25, 0.3) is 22.6 Å². The third-order valence-electron chi connectivity index (χ3n) is 2.95. The Morgan fingerprint density at radius 3 is 3.05 bits per heavy atom. The van der Waals surface area contributed by atoms with E-state index in [1.54, 1.807) is 0 Å². The number of fused-ring (bicyclic) bond motifs is 1. The van der Waals surface area contributed by atoms with Crippen molar-refractivity contribution in [1.29, 1.82) is 0 Å². The van der Waals surface area contributed by atoms with Gasteiger partial charge in [0.15, 0.2) is 11.5 Å². The van der Waals surface area contributed by atoms with Crippen molar-refractivity contribution < 1.29 is 14.2 Å². The average Bonchev–Trinajstić information content (AvgIpc) is 3.12. The van der Waals surface area contributed by atoms with Gasteiger partial charge in [0, 0.05) is 6.54 Å². The number of aromatic nitrogens is 4. The predicted octanol–water partition coefficient (Wildman–Crippen LogP) is 1.59. The van der Waals surface area contributed by atoms with E-state index in [1.165, 1.54) is 7.11 Å². The van der Waals surface area contributed by atoms with Crippen LogP contribution in [0.2, 0.25) is 0 Å². The largest absolute Gasteiger partial charge is 0.469 e. The van der Waals surface area contributed by atoms with Crippen molar-refractivity contribution in [2.45, 2.75) is 6.42 Å². The molecule has 0 radical (unpaired) electrons. The summed E-state index contributed by atoms with van der Waals surface area (Å²) in [7, 11) is 1.35. The fraction of sp³-hybridized carbons (Fsp3) is 0.231. The van der Waals surface area contributed by atoms with Gasteiger partial charge >= 0.3 is 5.97 Å². The van der Waals surface area contributed by atoms with Crippen LogP contribution in [-0.2, 0) is 9.53 Å². The molecule has 2 heterocycles. The number of rotatable bonds is 5. The molecule has 0 atom stereocenters. The number of ether oxygens (including phenoxy) is 1. The van der Waals surface area contributed by atoms with Gasteiger partial charge in [-0.15, -0.1) is 0 Å². The van der Waals surface area contributed by atoms with E-state index in [1.807, 2.05) is 24.3 Å². The zero-order chi connectivity index (χ0) is 14.7. The van der Waals surface area contributed by atoms with Crippen molar-refractivity contribution in [2.75, 3.05) is 19.0 Å². The highest BCUT2D eigenvalue weighted by Gasteiger charge is 2.16. The van der Waals surface area contributed by atoms with Crippen LogP contribution in [0.15, 0.2) is 28.9 Å². The number of carbonyl (C=O) groups excluding carboxylic acids is 1. The molecule has 8 nitrogen and oxygen atoms in total. The summed E-state index contributed by atoms with van der Waals surface area (Å²) in [5.74, 6) is 0.681. The van der Waals surface area contributed by atoms with E-state index >= 15 is 0 Å². The number of imidazole rings is 1. The molecule has 21 heavy (non-hydrogen) atoms. The highest BCUT2D eigenvalue weighted by Crippen LogP contribution is 2.24. The molecule has 0 aliphatic rings. The van der Waals surface area contributed by atoms with Gasteiger partial charge in [-0.05, 0) is 22.4 Å². The first-order valence-electron chi connectivity index (χ1n) is 6.36. The number of para-hydroxylation sites is 2. The number of esters is 1. The summed E-state index contributed by atoms with van der Waals surface area (Å²) in [5, 5.41) is 10.6. The molecule has 0 spiro atoms. The van der Waals surface area contributed by atoms with Gasteiger partial charge in [-0.3, -0.25) is 4.79 Å².